The molecule has 164 valence electrons. The maximum absolute atomic E-state index is 13.6. The third-order valence-corrected chi connectivity index (χ3v) is 6.44. The summed E-state index contributed by atoms with van der Waals surface area (Å²) < 4.78 is 6.01. The van der Waals surface area contributed by atoms with Gasteiger partial charge in [-0.1, -0.05) is 61.9 Å². The zero-order valence-corrected chi connectivity index (χ0v) is 19.1. The van der Waals surface area contributed by atoms with E-state index in [1.165, 1.54) is 5.56 Å². The predicted octanol–water partition coefficient (Wildman–Crippen LogP) is 5.98. The monoisotopic (exact) mass is 427 g/mol. The van der Waals surface area contributed by atoms with E-state index in [1.807, 2.05) is 25.1 Å². The van der Waals surface area contributed by atoms with Crippen LogP contribution in [0.1, 0.15) is 56.2 Å². The standard InChI is InChI=1S/C27H29N3O2/c1-5-32-21-9-7-6-8-18(21)22-23-19(14-27(3,4)15-20(23)31)28-26-24(22)25(29-30-26)17-12-10-16(2)11-13-17/h6-13,22H,5,14-15H2,1-4H3,(H2,28,29,30)/t22-/m0/s1. The fourth-order valence-electron chi connectivity index (χ4n) is 5.05. The molecule has 0 saturated heterocycles. The molecule has 1 atom stereocenters. The molecule has 2 aliphatic rings. The number of benzene rings is 2. The molecule has 0 amide bonds. The van der Waals surface area contributed by atoms with E-state index in [-0.39, 0.29) is 17.1 Å². The van der Waals surface area contributed by atoms with Gasteiger partial charge in [0.15, 0.2) is 11.6 Å². The van der Waals surface area contributed by atoms with Crippen LogP contribution in [0.2, 0.25) is 0 Å². The van der Waals surface area contributed by atoms with Gasteiger partial charge in [0.25, 0.3) is 0 Å². The highest BCUT2D eigenvalue weighted by Gasteiger charge is 2.43. The smallest absolute Gasteiger partial charge is 0.162 e. The number of nitrogens with zero attached hydrogens (tertiary/aromatic N) is 1. The number of aromatic nitrogens is 2. The number of para-hydroxylation sites is 1. The number of hydrogen-bond donors (Lipinski definition) is 2. The summed E-state index contributed by atoms with van der Waals surface area (Å²) in [5.74, 6) is 1.57. The summed E-state index contributed by atoms with van der Waals surface area (Å²) in [6.07, 6.45) is 1.35. The number of aromatic amines is 1. The molecule has 2 aromatic carbocycles. The minimum Gasteiger partial charge on any atom is -0.494 e. The predicted molar refractivity (Wildman–Crippen MR) is 127 cm³/mol. The van der Waals surface area contributed by atoms with Crippen LogP contribution >= 0.6 is 0 Å². The van der Waals surface area contributed by atoms with Crippen LogP contribution in [0.4, 0.5) is 5.82 Å². The van der Waals surface area contributed by atoms with Crippen molar-refractivity contribution in [2.24, 2.45) is 5.41 Å². The number of aryl methyl sites for hydroxylation is 1. The molecule has 3 aromatic rings. The number of ether oxygens (including phenoxy) is 1. The van der Waals surface area contributed by atoms with Crippen molar-refractivity contribution in [3.63, 3.8) is 0 Å². The van der Waals surface area contributed by atoms with Gasteiger partial charge in [-0.25, -0.2) is 0 Å². The second-order valence-corrected chi connectivity index (χ2v) is 9.59. The first-order chi connectivity index (χ1) is 15.4. The second kappa shape index (κ2) is 7.66. The number of fused-ring (bicyclic) bond motifs is 1. The fourth-order valence-corrected chi connectivity index (χ4v) is 5.05. The molecular weight excluding hydrogens is 398 g/mol. The fraction of sp³-hybridized carbons (Fsp3) is 0.333. The number of allylic oxidation sites excluding steroid dienone is 2. The molecule has 2 N–H and O–H groups in total. The summed E-state index contributed by atoms with van der Waals surface area (Å²) in [5.41, 5.74) is 6.95. The third kappa shape index (κ3) is 3.42. The van der Waals surface area contributed by atoms with Crippen LogP contribution in [0.3, 0.4) is 0 Å². The van der Waals surface area contributed by atoms with Crippen LogP contribution in [-0.4, -0.2) is 22.6 Å². The molecule has 1 aromatic heterocycles. The van der Waals surface area contributed by atoms with Crippen molar-refractivity contribution in [2.75, 3.05) is 11.9 Å². The van der Waals surface area contributed by atoms with Gasteiger partial charge < -0.3 is 10.1 Å². The molecule has 0 spiro atoms. The number of rotatable bonds is 4. The number of carbonyl (C=O) groups is 1. The molecule has 0 fully saturated rings. The third-order valence-electron chi connectivity index (χ3n) is 6.44. The summed E-state index contributed by atoms with van der Waals surface area (Å²) in [4.78, 5) is 13.6. The Bertz CT molecular complexity index is 1220. The highest BCUT2D eigenvalue weighted by atomic mass is 16.5. The van der Waals surface area contributed by atoms with Gasteiger partial charge in [0, 0.05) is 34.7 Å². The molecule has 0 unspecified atom stereocenters. The molecule has 5 rings (SSSR count). The Balaban J connectivity index is 1.75. The average molecular weight is 428 g/mol. The first kappa shape index (κ1) is 20.6. The van der Waals surface area contributed by atoms with Crippen molar-refractivity contribution in [2.45, 2.75) is 46.5 Å². The normalized spacial score (nSPS) is 19.2. The molecule has 0 radical (unpaired) electrons. The molecule has 0 saturated carbocycles. The zero-order chi connectivity index (χ0) is 22.5. The van der Waals surface area contributed by atoms with Crippen LogP contribution in [0, 0.1) is 12.3 Å². The van der Waals surface area contributed by atoms with Crippen LogP contribution in [-0.2, 0) is 4.79 Å². The Morgan fingerprint density at radius 3 is 2.59 bits per heavy atom. The van der Waals surface area contributed by atoms with E-state index in [4.69, 9.17) is 4.74 Å². The largest absolute Gasteiger partial charge is 0.494 e. The van der Waals surface area contributed by atoms with Crippen molar-refractivity contribution in [3.8, 4) is 17.0 Å². The number of hydrogen-bond acceptors (Lipinski definition) is 4. The molecule has 32 heavy (non-hydrogen) atoms. The molecule has 1 aliphatic carbocycles. The summed E-state index contributed by atoms with van der Waals surface area (Å²) in [6, 6.07) is 16.5. The van der Waals surface area contributed by atoms with E-state index in [2.05, 4.69) is 66.6 Å². The van der Waals surface area contributed by atoms with E-state index in [9.17, 15) is 4.79 Å². The maximum atomic E-state index is 13.6. The summed E-state index contributed by atoms with van der Waals surface area (Å²) in [6.45, 7) is 8.93. The van der Waals surface area contributed by atoms with Gasteiger partial charge in [-0.05, 0) is 37.3 Å². The minimum atomic E-state index is -0.234. The van der Waals surface area contributed by atoms with Crippen molar-refractivity contribution < 1.29 is 9.53 Å². The Kier molecular flexibility index (Phi) is 4.92. The Hall–Kier alpha value is -3.34. The topological polar surface area (TPSA) is 67.0 Å². The van der Waals surface area contributed by atoms with Crippen molar-refractivity contribution >= 4 is 11.6 Å². The van der Waals surface area contributed by atoms with Gasteiger partial charge in [0.1, 0.15) is 5.75 Å². The lowest BCUT2D eigenvalue weighted by atomic mass is 9.68. The van der Waals surface area contributed by atoms with Crippen LogP contribution in [0.5, 0.6) is 5.75 Å². The SMILES string of the molecule is CCOc1ccccc1[C@H]1C2=C(CC(C)(C)CC2=O)Nc2n[nH]c(-c3ccc(C)cc3)c21. The molecule has 0 bridgehead atoms. The van der Waals surface area contributed by atoms with E-state index in [0.717, 1.165) is 51.6 Å². The van der Waals surface area contributed by atoms with Crippen LogP contribution in [0.25, 0.3) is 11.3 Å². The molecule has 1 aliphatic heterocycles. The highest BCUT2D eigenvalue weighted by Crippen LogP contribution is 2.52. The van der Waals surface area contributed by atoms with Crippen molar-refractivity contribution in [1.29, 1.82) is 0 Å². The first-order valence-corrected chi connectivity index (χ1v) is 11.3. The molecule has 5 nitrogen and oxygen atoms in total. The van der Waals surface area contributed by atoms with Gasteiger partial charge in [-0.2, -0.15) is 5.10 Å². The molecular formula is C27H29N3O2. The van der Waals surface area contributed by atoms with Crippen molar-refractivity contribution in [3.05, 3.63) is 76.5 Å². The Morgan fingerprint density at radius 2 is 1.84 bits per heavy atom. The zero-order valence-electron chi connectivity index (χ0n) is 19.1. The maximum Gasteiger partial charge on any atom is 0.162 e. The van der Waals surface area contributed by atoms with Gasteiger partial charge in [-0.15, -0.1) is 0 Å². The average Bonchev–Trinajstić information content (AvgIpc) is 3.16. The van der Waals surface area contributed by atoms with Gasteiger partial charge >= 0.3 is 0 Å². The van der Waals surface area contributed by atoms with Crippen molar-refractivity contribution in [1.82, 2.24) is 10.2 Å². The Labute approximate surface area is 188 Å². The summed E-state index contributed by atoms with van der Waals surface area (Å²) in [5, 5.41) is 11.4. The summed E-state index contributed by atoms with van der Waals surface area (Å²) in [7, 11) is 0. The lowest BCUT2D eigenvalue weighted by molar-refractivity contribution is -0.118. The number of nitrogens with one attached hydrogen (secondary N) is 2. The lowest BCUT2D eigenvalue weighted by Gasteiger charge is -2.38. The van der Waals surface area contributed by atoms with E-state index < -0.39 is 0 Å². The van der Waals surface area contributed by atoms with Gasteiger partial charge in [0.05, 0.1) is 12.3 Å². The number of H-pyrrole nitrogens is 1. The lowest BCUT2D eigenvalue weighted by Crippen LogP contribution is -2.33. The molecule has 2 heterocycles. The quantitative estimate of drug-likeness (QED) is 0.537. The second-order valence-electron chi connectivity index (χ2n) is 9.59. The Morgan fingerprint density at radius 1 is 1.09 bits per heavy atom. The van der Waals surface area contributed by atoms with E-state index in [0.29, 0.717) is 13.0 Å². The van der Waals surface area contributed by atoms with E-state index >= 15 is 0 Å². The van der Waals surface area contributed by atoms with Gasteiger partial charge in [0.2, 0.25) is 0 Å². The van der Waals surface area contributed by atoms with Crippen LogP contribution in [0.15, 0.2) is 59.8 Å². The van der Waals surface area contributed by atoms with Crippen LogP contribution < -0.4 is 10.1 Å². The summed E-state index contributed by atoms with van der Waals surface area (Å²) >= 11 is 0. The molecule has 5 heteroatoms. The minimum absolute atomic E-state index is 0.0828. The number of anilines is 1. The van der Waals surface area contributed by atoms with E-state index in [1.54, 1.807) is 0 Å². The number of Topliss-reactive ketones (excluding diaryl/α,β-unsaturated/α-hetero) is 1. The highest BCUT2D eigenvalue weighted by molar-refractivity contribution is 6.02. The number of ketones is 1. The number of carbonyl (C=O) groups excluding carboxylic acids is 1. The first-order valence-electron chi connectivity index (χ1n) is 11.3. The van der Waals surface area contributed by atoms with Gasteiger partial charge in [-0.3, -0.25) is 9.89 Å².